The topological polar surface area (TPSA) is 50.9 Å². The first kappa shape index (κ1) is 14.3. The van der Waals surface area contributed by atoms with Crippen LogP contribution in [0.4, 0.5) is 5.82 Å². The molecule has 0 bridgehead atoms. The zero-order chi connectivity index (χ0) is 12.8. The highest BCUT2D eigenvalue weighted by Crippen LogP contribution is 2.12. The number of thioether (sulfide) groups is 1. The summed E-state index contributed by atoms with van der Waals surface area (Å²) in [6.45, 7) is 5.07. The van der Waals surface area contributed by atoms with Gasteiger partial charge in [0.2, 0.25) is 0 Å². The molecule has 0 radical (unpaired) electrons. The first-order chi connectivity index (χ1) is 8.02. The van der Waals surface area contributed by atoms with Crippen molar-refractivity contribution in [2.45, 2.75) is 13.8 Å². The monoisotopic (exact) mass is 269 g/mol. The van der Waals surface area contributed by atoms with E-state index in [1.54, 1.807) is 0 Å². The molecule has 1 heterocycles. The summed E-state index contributed by atoms with van der Waals surface area (Å²) in [7, 11) is 0. The van der Waals surface area contributed by atoms with Gasteiger partial charge in [0.05, 0.1) is 0 Å². The zero-order valence-corrected chi connectivity index (χ0v) is 12.1. The molecule has 1 aromatic rings. The van der Waals surface area contributed by atoms with Crippen molar-refractivity contribution >= 4 is 34.8 Å². The van der Waals surface area contributed by atoms with Gasteiger partial charge < -0.3 is 11.1 Å². The lowest BCUT2D eigenvalue weighted by Gasteiger charge is -2.13. The molecule has 1 unspecified atom stereocenters. The summed E-state index contributed by atoms with van der Waals surface area (Å²) >= 11 is 6.83. The highest BCUT2D eigenvalue weighted by molar-refractivity contribution is 7.98. The van der Waals surface area contributed by atoms with Crippen molar-refractivity contribution in [2.24, 2.45) is 11.7 Å². The van der Waals surface area contributed by atoms with Crippen LogP contribution in [-0.4, -0.2) is 28.5 Å². The third kappa shape index (κ3) is 4.91. The van der Waals surface area contributed by atoms with Crippen LogP contribution in [0.3, 0.4) is 0 Å². The third-order valence-corrected chi connectivity index (χ3v) is 3.46. The summed E-state index contributed by atoms with van der Waals surface area (Å²) in [4.78, 5) is 4.83. The van der Waals surface area contributed by atoms with Crippen molar-refractivity contribution in [2.75, 3.05) is 23.9 Å². The van der Waals surface area contributed by atoms with Gasteiger partial charge in [-0.25, -0.2) is 4.98 Å². The van der Waals surface area contributed by atoms with Gasteiger partial charge in [-0.1, -0.05) is 19.1 Å². The molecule has 0 fully saturated rings. The number of nitrogens with one attached hydrogen (secondary N) is 1. The molecule has 0 aliphatic heterocycles. The van der Waals surface area contributed by atoms with Gasteiger partial charge in [-0.2, -0.15) is 11.8 Å². The van der Waals surface area contributed by atoms with Crippen molar-refractivity contribution in [1.82, 2.24) is 4.98 Å². The first-order valence-corrected chi connectivity index (χ1v) is 7.34. The summed E-state index contributed by atoms with van der Waals surface area (Å²) in [5.74, 6) is 2.60. The molecule has 0 saturated carbocycles. The maximum absolute atomic E-state index is 5.63. The molecule has 0 saturated heterocycles. The van der Waals surface area contributed by atoms with Gasteiger partial charge >= 0.3 is 0 Å². The Morgan fingerprint density at radius 1 is 1.59 bits per heavy atom. The maximum atomic E-state index is 5.63. The quantitative estimate of drug-likeness (QED) is 0.777. The Labute approximate surface area is 113 Å². The van der Waals surface area contributed by atoms with Gasteiger partial charge in [0.1, 0.15) is 10.8 Å². The number of aryl methyl sites for hydroxylation is 1. The van der Waals surface area contributed by atoms with Crippen LogP contribution in [0.25, 0.3) is 0 Å². The Balaban J connectivity index is 2.68. The second kappa shape index (κ2) is 6.81. The van der Waals surface area contributed by atoms with Crippen LogP contribution in [0.5, 0.6) is 0 Å². The number of rotatable bonds is 6. The minimum Gasteiger partial charge on any atom is -0.389 e. The maximum Gasteiger partial charge on any atom is 0.126 e. The molecule has 5 heteroatoms. The van der Waals surface area contributed by atoms with E-state index in [-0.39, 0.29) is 0 Å². The molecule has 17 heavy (non-hydrogen) atoms. The highest BCUT2D eigenvalue weighted by Gasteiger charge is 2.04. The average molecular weight is 269 g/mol. The van der Waals surface area contributed by atoms with Gasteiger partial charge in [0.15, 0.2) is 0 Å². The molecule has 0 amide bonds. The van der Waals surface area contributed by atoms with E-state index in [2.05, 4.69) is 23.5 Å². The van der Waals surface area contributed by atoms with Gasteiger partial charge in [-0.15, -0.1) is 0 Å². The summed E-state index contributed by atoms with van der Waals surface area (Å²) in [5.41, 5.74) is 7.42. The summed E-state index contributed by atoms with van der Waals surface area (Å²) in [6, 6.07) is 3.81. The standard InChI is InChI=1S/C12H19N3S2/c1-8(7-17-3)6-14-11-5-10(12(13)16)4-9(2)15-11/h4-5,8H,6-7H2,1-3H3,(H2,13,16)(H,14,15). The first-order valence-electron chi connectivity index (χ1n) is 5.54. The van der Waals surface area contributed by atoms with Gasteiger partial charge in [-0.3, -0.25) is 0 Å². The van der Waals surface area contributed by atoms with Crippen LogP contribution >= 0.6 is 24.0 Å². The smallest absolute Gasteiger partial charge is 0.126 e. The highest BCUT2D eigenvalue weighted by atomic mass is 32.2. The lowest BCUT2D eigenvalue weighted by atomic mass is 10.2. The zero-order valence-electron chi connectivity index (χ0n) is 10.5. The SMILES string of the molecule is CSCC(C)CNc1cc(C(N)=S)cc(C)n1. The lowest BCUT2D eigenvalue weighted by molar-refractivity contribution is 0.699. The van der Waals surface area contributed by atoms with E-state index in [0.717, 1.165) is 29.4 Å². The van der Waals surface area contributed by atoms with Gasteiger partial charge in [0.25, 0.3) is 0 Å². The minimum absolute atomic E-state index is 0.413. The van der Waals surface area contributed by atoms with E-state index in [1.165, 1.54) is 0 Å². The number of anilines is 1. The van der Waals surface area contributed by atoms with E-state index in [0.29, 0.717) is 10.9 Å². The van der Waals surface area contributed by atoms with E-state index < -0.39 is 0 Å². The number of hydrogen-bond acceptors (Lipinski definition) is 4. The molecule has 0 aliphatic carbocycles. The fourth-order valence-corrected chi connectivity index (χ4v) is 2.33. The Bertz CT molecular complexity index is 393. The van der Waals surface area contributed by atoms with Crippen molar-refractivity contribution in [3.63, 3.8) is 0 Å². The van der Waals surface area contributed by atoms with Crippen molar-refractivity contribution in [3.05, 3.63) is 23.4 Å². The van der Waals surface area contributed by atoms with Crippen LogP contribution in [-0.2, 0) is 0 Å². The number of aromatic nitrogens is 1. The molecule has 1 atom stereocenters. The van der Waals surface area contributed by atoms with Crippen LogP contribution in [0.2, 0.25) is 0 Å². The van der Waals surface area contributed by atoms with Crippen molar-refractivity contribution < 1.29 is 0 Å². The minimum atomic E-state index is 0.413. The summed E-state index contributed by atoms with van der Waals surface area (Å²) < 4.78 is 0. The normalized spacial score (nSPS) is 12.2. The molecule has 3 N–H and O–H groups in total. The Hall–Kier alpha value is -0.810. The Morgan fingerprint density at radius 3 is 2.88 bits per heavy atom. The predicted molar refractivity (Wildman–Crippen MR) is 80.9 cm³/mol. The average Bonchev–Trinajstić information content (AvgIpc) is 2.26. The molecule has 94 valence electrons. The largest absolute Gasteiger partial charge is 0.389 e. The second-order valence-electron chi connectivity index (χ2n) is 4.19. The second-order valence-corrected chi connectivity index (χ2v) is 5.54. The number of hydrogen-bond donors (Lipinski definition) is 2. The summed E-state index contributed by atoms with van der Waals surface area (Å²) in [5, 5.41) is 3.33. The van der Waals surface area contributed by atoms with Gasteiger partial charge in [-0.05, 0) is 37.0 Å². The predicted octanol–water partition coefficient (Wildman–Crippen LogP) is 2.44. The molecule has 1 rings (SSSR count). The lowest BCUT2D eigenvalue weighted by Crippen LogP contribution is -2.16. The number of thiocarbonyl (C=S) groups is 1. The molecule has 3 nitrogen and oxygen atoms in total. The summed E-state index contributed by atoms with van der Waals surface area (Å²) in [6.07, 6.45) is 2.12. The van der Waals surface area contributed by atoms with E-state index in [1.807, 2.05) is 30.8 Å². The number of nitrogens with two attached hydrogens (primary N) is 1. The fourth-order valence-electron chi connectivity index (χ4n) is 1.52. The van der Waals surface area contributed by atoms with E-state index >= 15 is 0 Å². The third-order valence-electron chi connectivity index (χ3n) is 2.32. The Kier molecular flexibility index (Phi) is 5.71. The van der Waals surface area contributed by atoms with Crippen LogP contribution < -0.4 is 11.1 Å². The Morgan fingerprint density at radius 2 is 2.29 bits per heavy atom. The van der Waals surface area contributed by atoms with Crippen LogP contribution in [0.15, 0.2) is 12.1 Å². The fraction of sp³-hybridized carbons (Fsp3) is 0.500. The van der Waals surface area contributed by atoms with Crippen LogP contribution in [0.1, 0.15) is 18.2 Å². The van der Waals surface area contributed by atoms with E-state index in [4.69, 9.17) is 18.0 Å². The van der Waals surface area contributed by atoms with Gasteiger partial charge in [0, 0.05) is 17.8 Å². The molecular weight excluding hydrogens is 250 g/mol. The molecular formula is C12H19N3S2. The molecule has 0 spiro atoms. The van der Waals surface area contributed by atoms with Crippen LogP contribution in [0, 0.1) is 12.8 Å². The molecule has 0 aromatic carbocycles. The number of pyridine rings is 1. The number of nitrogens with zero attached hydrogens (tertiary/aromatic N) is 1. The van der Waals surface area contributed by atoms with E-state index in [9.17, 15) is 0 Å². The molecule has 1 aromatic heterocycles. The van der Waals surface area contributed by atoms with Crippen molar-refractivity contribution in [1.29, 1.82) is 0 Å². The van der Waals surface area contributed by atoms with Crippen molar-refractivity contribution in [3.8, 4) is 0 Å². The molecule has 0 aliphatic rings.